The molecular weight excluding hydrogens is 210 g/mol. The van der Waals surface area contributed by atoms with E-state index in [0.29, 0.717) is 0 Å². The molecule has 0 spiro atoms. The molecule has 0 bridgehead atoms. The number of likely N-dealkylation sites (tertiary alicyclic amines) is 1. The lowest BCUT2D eigenvalue weighted by atomic mass is 10.0. The molecule has 0 amide bonds. The fourth-order valence-electron chi connectivity index (χ4n) is 2.48. The lowest BCUT2D eigenvalue weighted by Crippen LogP contribution is -2.35. The SMILES string of the molecule is C[C@H]1CCCN(CCCOc2ccccc2)C1. The summed E-state index contributed by atoms with van der Waals surface area (Å²) < 4.78 is 5.70. The molecule has 94 valence electrons. The molecular formula is C15H23NO. The van der Waals surface area contributed by atoms with E-state index in [9.17, 15) is 0 Å². The molecule has 1 saturated heterocycles. The average Bonchev–Trinajstić information content (AvgIpc) is 2.36. The minimum atomic E-state index is 0.828. The Bertz CT molecular complexity index is 312. The zero-order valence-corrected chi connectivity index (χ0v) is 10.8. The highest BCUT2D eigenvalue weighted by atomic mass is 16.5. The van der Waals surface area contributed by atoms with Crippen molar-refractivity contribution < 1.29 is 4.74 Å². The Morgan fingerprint density at radius 3 is 2.88 bits per heavy atom. The Labute approximate surface area is 105 Å². The molecule has 1 fully saturated rings. The largest absolute Gasteiger partial charge is 0.494 e. The van der Waals surface area contributed by atoms with Gasteiger partial charge in [-0.25, -0.2) is 0 Å². The van der Waals surface area contributed by atoms with Gasteiger partial charge in [0, 0.05) is 13.1 Å². The van der Waals surface area contributed by atoms with Crippen molar-refractivity contribution >= 4 is 0 Å². The molecule has 2 heteroatoms. The highest BCUT2D eigenvalue weighted by molar-refractivity contribution is 5.20. The minimum Gasteiger partial charge on any atom is -0.494 e. The molecule has 0 saturated carbocycles. The van der Waals surface area contributed by atoms with Crippen molar-refractivity contribution in [3.8, 4) is 5.75 Å². The van der Waals surface area contributed by atoms with Gasteiger partial charge in [-0.1, -0.05) is 25.1 Å². The van der Waals surface area contributed by atoms with Crippen LogP contribution in [0.2, 0.25) is 0 Å². The molecule has 0 radical (unpaired) electrons. The third-order valence-electron chi connectivity index (χ3n) is 3.37. The van der Waals surface area contributed by atoms with Crippen molar-refractivity contribution in [1.82, 2.24) is 4.90 Å². The van der Waals surface area contributed by atoms with Gasteiger partial charge in [0.25, 0.3) is 0 Å². The second kappa shape index (κ2) is 6.65. The molecule has 0 aromatic heterocycles. The van der Waals surface area contributed by atoms with Gasteiger partial charge in [0.15, 0.2) is 0 Å². The minimum absolute atomic E-state index is 0.828. The summed E-state index contributed by atoms with van der Waals surface area (Å²) in [6, 6.07) is 10.1. The maximum atomic E-state index is 5.70. The first-order valence-electron chi connectivity index (χ1n) is 6.75. The predicted molar refractivity (Wildman–Crippen MR) is 71.4 cm³/mol. The monoisotopic (exact) mass is 233 g/mol. The van der Waals surface area contributed by atoms with Gasteiger partial charge in [-0.2, -0.15) is 0 Å². The van der Waals surface area contributed by atoms with E-state index in [1.165, 1.54) is 32.5 Å². The molecule has 1 aromatic rings. The van der Waals surface area contributed by atoms with Gasteiger partial charge < -0.3 is 9.64 Å². The van der Waals surface area contributed by atoms with Crippen LogP contribution in [0.5, 0.6) is 5.75 Å². The molecule has 0 unspecified atom stereocenters. The fraction of sp³-hybridized carbons (Fsp3) is 0.600. The Kier molecular flexibility index (Phi) is 4.87. The maximum absolute atomic E-state index is 5.70. The summed E-state index contributed by atoms with van der Waals surface area (Å²) in [7, 11) is 0. The van der Waals surface area contributed by atoms with E-state index >= 15 is 0 Å². The van der Waals surface area contributed by atoms with E-state index in [0.717, 1.165) is 24.7 Å². The number of nitrogens with zero attached hydrogens (tertiary/aromatic N) is 1. The smallest absolute Gasteiger partial charge is 0.119 e. The molecule has 17 heavy (non-hydrogen) atoms. The molecule has 0 N–H and O–H groups in total. The standard InChI is InChI=1S/C15H23NO/c1-14-7-5-10-16(13-14)11-6-12-17-15-8-3-2-4-9-15/h2-4,8-9,14H,5-7,10-13H2,1H3/t14-/m0/s1. The number of ether oxygens (including phenoxy) is 1. The third-order valence-corrected chi connectivity index (χ3v) is 3.37. The van der Waals surface area contributed by atoms with Crippen LogP contribution in [0.1, 0.15) is 26.2 Å². The lowest BCUT2D eigenvalue weighted by Gasteiger charge is -2.30. The molecule has 2 nitrogen and oxygen atoms in total. The highest BCUT2D eigenvalue weighted by Crippen LogP contribution is 2.15. The van der Waals surface area contributed by atoms with Gasteiger partial charge in [-0.15, -0.1) is 0 Å². The van der Waals surface area contributed by atoms with E-state index in [1.807, 2.05) is 30.3 Å². The van der Waals surface area contributed by atoms with Crippen molar-refractivity contribution in [3.05, 3.63) is 30.3 Å². The zero-order valence-electron chi connectivity index (χ0n) is 10.8. The topological polar surface area (TPSA) is 12.5 Å². The zero-order chi connectivity index (χ0) is 11.9. The summed E-state index contributed by atoms with van der Waals surface area (Å²) in [5.74, 6) is 1.86. The first-order valence-corrected chi connectivity index (χ1v) is 6.75. The van der Waals surface area contributed by atoms with Gasteiger partial charge >= 0.3 is 0 Å². The van der Waals surface area contributed by atoms with Crippen LogP contribution in [0.4, 0.5) is 0 Å². The van der Waals surface area contributed by atoms with Gasteiger partial charge in [0.05, 0.1) is 6.61 Å². The number of hydrogen-bond donors (Lipinski definition) is 0. The molecule has 1 aliphatic rings. The Morgan fingerprint density at radius 2 is 2.12 bits per heavy atom. The predicted octanol–water partition coefficient (Wildman–Crippen LogP) is 3.19. The summed E-state index contributed by atoms with van der Waals surface area (Å²) in [6.45, 7) is 6.90. The summed E-state index contributed by atoms with van der Waals surface area (Å²) in [4.78, 5) is 2.57. The normalized spacial score (nSPS) is 21.4. The van der Waals surface area contributed by atoms with Crippen molar-refractivity contribution in [1.29, 1.82) is 0 Å². The van der Waals surface area contributed by atoms with Gasteiger partial charge in [0.1, 0.15) is 5.75 Å². The van der Waals surface area contributed by atoms with Crippen LogP contribution in [0, 0.1) is 5.92 Å². The van der Waals surface area contributed by atoms with Crippen LogP contribution in [0.15, 0.2) is 30.3 Å². The fourth-order valence-corrected chi connectivity index (χ4v) is 2.48. The Morgan fingerprint density at radius 1 is 1.29 bits per heavy atom. The van der Waals surface area contributed by atoms with E-state index in [-0.39, 0.29) is 0 Å². The Balaban J connectivity index is 1.60. The molecule has 1 heterocycles. The van der Waals surface area contributed by atoms with Crippen molar-refractivity contribution in [2.75, 3.05) is 26.2 Å². The molecule has 1 aliphatic heterocycles. The van der Waals surface area contributed by atoms with Crippen LogP contribution >= 0.6 is 0 Å². The van der Waals surface area contributed by atoms with Gasteiger partial charge in [-0.05, 0) is 43.9 Å². The van der Waals surface area contributed by atoms with Crippen molar-refractivity contribution in [3.63, 3.8) is 0 Å². The Hall–Kier alpha value is -1.02. The van der Waals surface area contributed by atoms with Crippen LogP contribution in [0.3, 0.4) is 0 Å². The second-order valence-corrected chi connectivity index (χ2v) is 5.06. The van der Waals surface area contributed by atoms with E-state index < -0.39 is 0 Å². The summed E-state index contributed by atoms with van der Waals surface area (Å²) in [5, 5.41) is 0. The molecule has 1 atom stereocenters. The summed E-state index contributed by atoms with van der Waals surface area (Å²) in [6.07, 6.45) is 3.89. The first kappa shape index (κ1) is 12.4. The third kappa shape index (κ3) is 4.39. The van der Waals surface area contributed by atoms with Gasteiger partial charge in [-0.3, -0.25) is 0 Å². The van der Waals surface area contributed by atoms with Crippen molar-refractivity contribution in [2.45, 2.75) is 26.2 Å². The van der Waals surface area contributed by atoms with Crippen LogP contribution in [0.25, 0.3) is 0 Å². The van der Waals surface area contributed by atoms with Crippen LogP contribution in [-0.4, -0.2) is 31.1 Å². The summed E-state index contributed by atoms with van der Waals surface area (Å²) in [5.41, 5.74) is 0. The molecule has 2 rings (SSSR count). The van der Waals surface area contributed by atoms with Crippen molar-refractivity contribution in [2.24, 2.45) is 5.92 Å². The van der Waals surface area contributed by atoms with E-state index in [1.54, 1.807) is 0 Å². The van der Waals surface area contributed by atoms with Crippen LogP contribution in [-0.2, 0) is 0 Å². The number of rotatable bonds is 5. The number of piperidine rings is 1. The van der Waals surface area contributed by atoms with E-state index in [2.05, 4.69) is 11.8 Å². The number of benzene rings is 1. The average molecular weight is 233 g/mol. The lowest BCUT2D eigenvalue weighted by molar-refractivity contribution is 0.170. The maximum Gasteiger partial charge on any atom is 0.119 e. The molecule has 0 aliphatic carbocycles. The van der Waals surface area contributed by atoms with Crippen LogP contribution < -0.4 is 4.74 Å². The number of para-hydroxylation sites is 1. The first-order chi connectivity index (χ1) is 8.34. The highest BCUT2D eigenvalue weighted by Gasteiger charge is 2.15. The molecule has 1 aromatic carbocycles. The van der Waals surface area contributed by atoms with E-state index in [4.69, 9.17) is 4.74 Å². The summed E-state index contributed by atoms with van der Waals surface area (Å²) >= 11 is 0. The van der Waals surface area contributed by atoms with Gasteiger partial charge in [0.2, 0.25) is 0 Å². The quantitative estimate of drug-likeness (QED) is 0.724. The number of hydrogen-bond acceptors (Lipinski definition) is 2. The second-order valence-electron chi connectivity index (χ2n) is 5.06.